The van der Waals surface area contributed by atoms with Gasteiger partial charge in [0.1, 0.15) is 6.33 Å². The van der Waals surface area contributed by atoms with Crippen molar-refractivity contribution in [2.24, 2.45) is 7.05 Å². The average Bonchev–Trinajstić information content (AvgIpc) is 3.50. The number of benzene rings is 3. The van der Waals surface area contributed by atoms with Crippen molar-refractivity contribution in [3.8, 4) is 0 Å². The molecule has 47 heavy (non-hydrogen) atoms. The second-order valence-electron chi connectivity index (χ2n) is 11.6. The molecule has 0 aliphatic carbocycles. The molecule has 2 heterocycles. The lowest BCUT2D eigenvalue weighted by Gasteiger charge is -2.36. The van der Waals surface area contributed by atoms with Crippen LogP contribution >= 0.6 is 11.8 Å². The highest BCUT2D eigenvalue weighted by molar-refractivity contribution is 7.99. The topological polar surface area (TPSA) is 154 Å². The smallest absolute Gasteiger partial charge is 0.224 e. The molecule has 11 nitrogen and oxygen atoms in total. The molecule has 5 N–H and O–H groups in total. The number of hydrogen-bond donors (Lipinski definition) is 4. The summed E-state index contributed by atoms with van der Waals surface area (Å²) in [5.41, 5.74) is 10.4. The van der Waals surface area contributed by atoms with Crippen LogP contribution in [0.1, 0.15) is 74.0 Å². The number of unbranched alkanes of at least 4 members (excludes halogenated alkanes) is 3. The number of amides is 2. The fourth-order valence-electron chi connectivity index (χ4n) is 5.33. The van der Waals surface area contributed by atoms with Crippen LogP contribution in [0.4, 0.5) is 17.1 Å². The third-order valence-corrected chi connectivity index (χ3v) is 9.08. The second kappa shape index (κ2) is 17.1. The van der Waals surface area contributed by atoms with E-state index < -0.39 is 6.29 Å². The van der Waals surface area contributed by atoms with E-state index in [0.29, 0.717) is 42.1 Å². The van der Waals surface area contributed by atoms with E-state index in [1.165, 1.54) is 0 Å². The molecule has 1 fully saturated rings. The fourth-order valence-corrected chi connectivity index (χ4v) is 6.23. The Balaban J connectivity index is 1.11. The van der Waals surface area contributed by atoms with Gasteiger partial charge in [-0.1, -0.05) is 73.1 Å². The summed E-state index contributed by atoms with van der Waals surface area (Å²) in [6.45, 7) is -0.0167. The summed E-state index contributed by atoms with van der Waals surface area (Å²) in [4.78, 5) is 25.0. The van der Waals surface area contributed by atoms with Gasteiger partial charge in [-0.05, 0) is 48.2 Å². The lowest BCUT2D eigenvalue weighted by Crippen LogP contribution is -2.31. The molecule has 5 rings (SSSR count). The summed E-state index contributed by atoms with van der Waals surface area (Å²) in [6.07, 6.45) is 5.34. The highest BCUT2D eigenvalue weighted by Gasteiger charge is 2.32. The van der Waals surface area contributed by atoms with E-state index in [1.807, 2.05) is 72.3 Å². The quantitative estimate of drug-likeness (QED) is 0.0670. The van der Waals surface area contributed by atoms with Crippen molar-refractivity contribution in [3.63, 3.8) is 0 Å². The number of hydrogen-bond acceptors (Lipinski definition) is 9. The Hall–Kier alpha value is -4.23. The summed E-state index contributed by atoms with van der Waals surface area (Å²) in [5, 5.41) is 24.3. The van der Waals surface area contributed by atoms with Crippen LogP contribution in [-0.4, -0.2) is 43.5 Å². The molecule has 3 aromatic carbocycles. The maximum Gasteiger partial charge on any atom is 0.224 e. The predicted molar refractivity (Wildman–Crippen MR) is 182 cm³/mol. The fraction of sp³-hybridized carbons (Fsp3) is 0.371. The lowest BCUT2D eigenvalue weighted by molar-refractivity contribution is -0.245. The largest absolute Gasteiger partial charge is 0.397 e. The molecule has 1 saturated heterocycles. The van der Waals surface area contributed by atoms with E-state index in [9.17, 15) is 14.7 Å². The number of para-hydroxylation sites is 2. The molecule has 0 unspecified atom stereocenters. The van der Waals surface area contributed by atoms with Crippen molar-refractivity contribution in [2.45, 2.75) is 75.2 Å². The molecule has 0 saturated carbocycles. The minimum absolute atomic E-state index is 0.0167. The molecule has 0 radical (unpaired) electrons. The first-order valence-corrected chi connectivity index (χ1v) is 16.9. The van der Waals surface area contributed by atoms with E-state index >= 15 is 0 Å². The van der Waals surface area contributed by atoms with Crippen molar-refractivity contribution in [1.82, 2.24) is 14.8 Å². The number of aromatic nitrogens is 3. The number of carbonyl (C=O) groups is 2. The number of nitrogens with zero attached hydrogens (tertiary/aromatic N) is 3. The Kier molecular flexibility index (Phi) is 12.4. The minimum atomic E-state index is -0.635. The first-order valence-electron chi connectivity index (χ1n) is 15.9. The molecule has 0 bridgehead atoms. The van der Waals surface area contributed by atoms with Gasteiger partial charge in [0.15, 0.2) is 11.4 Å². The van der Waals surface area contributed by atoms with E-state index in [2.05, 4.69) is 20.8 Å². The number of aliphatic hydroxyl groups excluding tert-OH is 1. The van der Waals surface area contributed by atoms with Crippen LogP contribution in [0, 0.1) is 0 Å². The standard InChI is InChI=1S/C35H42N6O5S/c1-41-23-37-40-35(41)47-22-28-20-31(25-17-15-24(21-42)16-18-25)46-34(45-28)26-9-8-10-27(19-26)38-32(43)13-4-2-3-5-14-33(44)39-30-12-7-6-11-29(30)36/h6-12,15-19,23,28,31,34,42H,2-5,13-14,20-22,36H2,1H3,(H,38,43)(H,39,44)/t28-,31+,34+/m0/s1. The second-order valence-corrected chi connectivity index (χ2v) is 12.6. The molecular formula is C35H42N6O5S. The van der Waals surface area contributed by atoms with Crippen LogP contribution in [0.3, 0.4) is 0 Å². The summed E-state index contributed by atoms with van der Waals surface area (Å²) in [7, 11) is 1.91. The zero-order valence-electron chi connectivity index (χ0n) is 26.5. The average molecular weight is 659 g/mol. The molecular weight excluding hydrogens is 616 g/mol. The number of carbonyl (C=O) groups excluding carboxylic acids is 2. The number of rotatable bonds is 15. The van der Waals surface area contributed by atoms with Gasteiger partial charge < -0.3 is 35.5 Å². The minimum Gasteiger partial charge on any atom is -0.397 e. The Labute approximate surface area is 279 Å². The maximum absolute atomic E-state index is 12.8. The molecule has 3 atom stereocenters. The van der Waals surface area contributed by atoms with Crippen LogP contribution < -0.4 is 16.4 Å². The maximum atomic E-state index is 12.8. The van der Waals surface area contributed by atoms with Gasteiger partial charge in [0.25, 0.3) is 0 Å². The number of nitrogen functional groups attached to an aromatic ring is 1. The SMILES string of the molecule is Cn1cnnc1SC[C@@H]1C[C@H](c2ccc(CO)cc2)O[C@H](c2cccc(NC(=O)CCCCCCC(=O)Nc3ccccc3N)c2)O1. The summed E-state index contributed by atoms with van der Waals surface area (Å²) in [5.74, 6) is 0.540. The van der Waals surface area contributed by atoms with E-state index in [1.54, 1.807) is 30.2 Å². The van der Waals surface area contributed by atoms with E-state index in [0.717, 1.165) is 47.5 Å². The summed E-state index contributed by atoms with van der Waals surface area (Å²) in [6, 6.07) is 22.5. The van der Waals surface area contributed by atoms with Crippen molar-refractivity contribution in [3.05, 3.63) is 95.8 Å². The van der Waals surface area contributed by atoms with Gasteiger partial charge in [-0.2, -0.15) is 0 Å². The Morgan fingerprint density at radius 1 is 0.936 bits per heavy atom. The summed E-state index contributed by atoms with van der Waals surface area (Å²) < 4.78 is 14.8. The number of anilines is 3. The van der Waals surface area contributed by atoms with Gasteiger partial charge in [0, 0.05) is 43.3 Å². The normalized spacial score (nSPS) is 17.7. The zero-order valence-corrected chi connectivity index (χ0v) is 27.3. The van der Waals surface area contributed by atoms with E-state index in [-0.39, 0.29) is 30.6 Å². The molecule has 1 aromatic heterocycles. The number of nitrogens with two attached hydrogens (primary N) is 1. The van der Waals surface area contributed by atoms with Crippen molar-refractivity contribution in [2.75, 3.05) is 22.1 Å². The molecule has 1 aliphatic rings. The number of thioether (sulfide) groups is 1. The molecule has 1 aliphatic heterocycles. The molecule has 12 heteroatoms. The van der Waals surface area contributed by atoms with Crippen LogP contribution in [0.5, 0.6) is 0 Å². The number of aliphatic hydroxyl groups is 1. The molecule has 2 amide bonds. The highest BCUT2D eigenvalue weighted by atomic mass is 32.2. The van der Waals surface area contributed by atoms with Crippen molar-refractivity contribution in [1.29, 1.82) is 0 Å². The van der Waals surface area contributed by atoms with Gasteiger partial charge >= 0.3 is 0 Å². The molecule has 4 aromatic rings. The van der Waals surface area contributed by atoms with Crippen molar-refractivity contribution < 1.29 is 24.2 Å². The van der Waals surface area contributed by atoms with E-state index in [4.69, 9.17) is 15.2 Å². The lowest BCUT2D eigenvalue weighted by atomic mass is 10.0. The third-order valence-electron chi connectivity index (χ3n) is 7.92. The highest BCUT2D eigenvalue weighted by Crippen LogP contribution is 2.39. The monoisotopic (exact) mass is 658 g/mol. The first kappa shape index (κ1) is 34.1. The number of aryl methyl sites for hydroxylation is 1. The Bertz CT molecular complexity index is 1610. The van der Waals surface area contributed by atoms with Crippen LogP contribution in [0.2, 0.25) is 0 Å². The first-order chi connectivity index (χ1) is 22.9. The van der Waals surface area contributed by atoms with Crippen LogP contribution in [-0.2, 0) is 32.7 Å². The predicted octanol–water partition coefficient (Wildman–Crippen LogP) is 6.15. The molecule has 248 valence electrons. The molecule has 0 spiro atoms. The zero-order chi connectivity index (χ0) is 33.0. The summed E-state index contributed by atoms with van der Waals surface area (Å²) >= 11 is 1.58. The van der Waals surface area contributed by atoms with Crippen molar-refractivity contribution >= 4 is 40.6 Å². The van der Waals surface area contributed by atoms with Gasteiger partial charge in [-0.3, -0.25) is 9.59 Å². The van der Waals surface area contributed by atoms with Gasteiger partial charge in [-0.25, -0.2) is 0 Å². The van der Waals surface area contributed by atoms with Gasteiger partial charge in [0.2, 0.25) is 11.8 Å². The van der Waals surface area contributed by atoms with Gasteiger partial charge in [0.05, 0.1) is 30.2 Å². The van der Waals surface area contributed by atoms with Gasteiger partial charge in [-0.15, -0.1) is 10.2 Å². The number of nitrogens with one attached hydrogen (secondary N) is 2. The third kappa shape index (κ3) is 10.1. The van der Waals surface area contributed by atoms with Crippen LogP contribution in [0.25, 0.3) is 0 Å². The van der Waals surface area contributed by atoms with Crippen LogP contribution in [0.15, 0.2) is 84.3 Å². The Morgan fingerprint density at radius 3 is 2.38 bits per heavy atom. The Morgan fingerprint density at radius 2 is 1.68 bits per heavy atom. The number of ether oxygens (including phenoxy) is 2.